The van der Waals surface area contributed by atoms with E-state index in [2.05, 4.69) is 37.6 Å². The quantitative estimate of drug-likeness (QED) is 0.349. The Kier molecular flexibility index (Phi) is 7.17. The number of aromatic amines is 1. The van der Waals surface area contributed by atoms with Crippen LogP contribution in [0.25, 0.3) is 11.6 Å². The van der Waals surface area contributed by atoms with Gasteiger partial charge >= 0.3 is 0 Å². The number of hydrogen-bond acceptors (Lipinski definition) is 4. The molecule has 3 amide bonds. The number of amides is 3. The lowest BCUT2D eigenvalue weighted by Gasteiger charge is -2.28. The number of carbonyl (C=O) groups excluding carboxylic acids is 3. The van der Waals surface area contributed by atoms with Gasteiger partial charge in [-0.05, 0) is 106 Å². The van der Waals surface area contributed by atoms with Crippen LogP contribution in [0.1, 0.15) is 92.5 Å². The minimum Gasteiger partial charge on any atom is -0.358 e. The second-order valence-corrected chi connectivity index (χ2v) is 12.5. The Morgan fingerprint density at radius 1 is 1.02 bits per heavy atom. The van der Waals surface area contributed by atoms with Crippen molar-refractivity contribution in [1.82, 2.24) is 20.1 Å². The van der Waals surface area contributed by atoms with E-state index in [1.165, 1.54) is 24.0 Å². The second kappa shape index (κ2) is 11.2. The highest BCUT2D eigenvalue weighted by molar-refractivity contribution is 6.35. The highest BCUT2D eigenvalue weighted by Crippen LogP contribution is 2.36. The fourth-order valence-electron chi connectivity index (χ4n) is 7.50. The number of aryl methyl sites for hydroxylation is 2. The Hall–Kier alpha value is -4.17. The summed E-state index contributed by atoms with van der Waals surface area (Å²) in [5.41, 5.74) is 7.91. The second-order valence-electron chi connectivity index (χ2n) is 12.5. The van der Waals surface area contributed by atoms with Gasteiger partial charge in [-0.15, -0.1) is 0 Å². The normalized spacial score (nSPS) is 22.2. The SMILES string of the molecule is Cc1[nH]c(C=C2C(=O)Nc3ccc(C(=O)NC4CCc5ccccc54)cc32)c(C)c1C(=O)N1CCCC1CN1CCCC1. The number of fused-ring (bicyclic) bond motifs is 2. The Bertz CT molecular complexity index is 1650. The third-order valence-electron chi connectivity index (χ3n) is 9.79. The highest BCUT2D eigenvalue weighted by atomic mass is 16.2. The number of aromatic nitrogens is 1. The first-order valence-electron chi connectivity index (χ1n) is 15.7. The molecule has 0 radical (unpaired) electrons. The molecule has 4 heterocycles. The Balaban J connectivity index is 1.13. The number of rotatable bonds is 6. The molecule has 0 bridgehead atoms. The number of nitrogens with one attached hydrogen (secondary N) is 3. The first kappa shape index (κ1) is 27.7. The Labute approximate surface area is 252 Å². The maximum atomic E-state index is 13.9. The molecule has 2 unspecified atom stereocenters. The van der Waals surface area contributed by atoms with Crippen LogP contribution in [0.2, 0.25) is 0 Å². The van der Waals surface area contributed by atoms with Crippen LogP contribution in [0.15, 0.2) is 42.5 Å². The summed E-state index contributed by atoms with van der Waals surface area (Å²) >= 11 is 0. The van der Waals surface area contributed by atoms with Gasteiger partial charge in [-0.3, -0.25) is 14.4 Å². The zero-order valence-corrected chi connectivity index (χ0v) is 25.0. The first-order valence-corrected chi connectivity index (χ1v) is 15.7. The fourth-order valence-corrected chi connectivity index (χ4v) is 7.50. The van der Waals surface area contributed by atoms with Gasteiger partial charge in [-0.2, -0.15) is 0 Å². The summed E-state index contributed by atoms with van der Waals surface area (Å²) in [6, 6.07) is 13.8. The molecular formula is C35H39N5O3. The van der Waals surface area contributed by atoms with Crippen LogP contribution < -0.4 is 10.6 Å². The average molecular weight is 578 g/mol. The predicted octanol–water partition coefficient (Wildman–Crippen LogP) is 5.24. The lowest BCUT2D eigenvalue weighted by Crippen LogP contribution is -2.42. The molecular weight excluding hydrogens is 538 g/mol. The van der Waals surface area contributed by atoms with E-state index < -0.39 is 0 Å². The number of hydrogen-bond donors (Lipinski definition) is 3. The van der Waals surface area contributed by atoms with Crippen molar-refractivity contribution in [3.63, 3.8) is 0 Å². The molecule has 2 saturated heterocycles. The molecule has 1 aromatic heterocycles. The molecule has 222 valence electrons. The fraction of sp³-hybridized carbons (Fsp3) is 0.400. The van der Waals surface area contributed by atoms with Crippen LogP contribution in [-0.4, -0.2) is 64.7 Å². The molecule has 43 heavy (non-hydrogen) atoms. The standard InChI is InChI=1S/C35H39N5O3/c1-21-31(36-22(2)32(21)35(43)40-17-7-9-25(40)20-39-15-5-6-16-39)19-28-27-18-24(12-14-30(27)38-34(28)42)33(41)37-29-13-11-23-8-3-4-10-26(23)29/h3-4,8,10,12,14,18-19,25,29,36H,5-7,9,11,13,15-17,20H2,1-2H3,(H,37,41)(H,38,42). The van der Waals surface area contributed by atoms with Gasteiger partial charge in [0.1, 0.15) is 0 Å². The smallest absolute Gasteiger partial charge is 0.256 e. The summed E-state index contributed by atoms with van der Waals surface area (Å²) in [5, 5.41) is 6.12. The van der Waals surface area contributed by atoms with E-state index in [-0.39, 0.29) is 29.8 Å². The highest BCUT2D eigenvalue weighted by Gasteiger charge is 2.34. The summed E-state index contributed by atoms with van der Waals surface area (Å²) in [6.07, 6.45) is 8.21. The van der Waals surface area contributed by atoms with Crippen molar-refractivity contribution in [1.29, 1.82) is 0 Å². The van der Waals surface area contributed by atoms with Crippen LogP contribution in [-0.2, 0) is 11.2 Å². The monoisotopic (exact) mass is 577 g/mol. The third kappa shape index (κ3) is 5.07. The van der Waals surface area contributed by atoms with E-state index in [0.29, 0.717) is 28.0 Å². The van der Waals surface area contributed by atoms with Crippen LogP contribution in [0, 0.1) is 13.8 Å². The molecule has 0 spiro atoms. The van der Waals surface area contributed by atoms with E-state index in [1.54, 1.807) is 18.2 Å². The van der Waals surface area contributed by atoms with E-state index in [9.17, 15) is 14.4 Å². The topological polar surface area (TPSA) is 97.5 Å². The van der Waals surface area contributed by atoms with Crippen LogP contribution in [0.3, 0.4) is 0 Å². The average Bonchev–Trinajstić information content (AvgIpc) is 3.83. The number of nitrogens with zero attached hydrogens (tertiary/aromatic N) is 2. The van der Waals surface area contributed by atoms with Crippen molar-refractivity contribution in [3.05, 3.63) is 87.2 Å². The molecule has 4 aliphatic rings. The van der Waals surface area contributed by atoms with Gasteiger partial charge in [-0.25, -0.2) is 0 Å². The first-order chi connectivity index (χ1) is 20.9. The summed E-state index contributed by atoms with van der Waals surface area (Å²) in [4.78, 5) is 48.2. The molecule has 3 aromatic rings. The van der Waals surface area contributed by atoms with E-state index >= 15 is 0 Å². The number of benzene rings is 2. The zero-order chi connectivity index (χ0) is 29.7. The minimum absolute atomic E-state index is 0.0159. The van der Waals surface area contributed by atoms with Crippen LogP contribution in [0.4, 0.5) is 5.69 Å². The molecule has 3 N–H and O–H groups in total. The maximum Gasteiger partial charge on any atom is 0.256 e. The zero-order valence-electron chi connectivity index (χ0n) is 25.0. The van der Waals surface area contributed by atoms with E-state index in [0.717, 1.165) is 68.8 Å². The van der Waals surface area contributed by atoms with Crippen molar-refractivity contribution in [3.8, 4) is 0 Å². The van der Waals surface area contributed by atoms with E-state index in [1.807, 2.05) is 32.1 Å². The van der Waals surface area contributed by atoms with Gasteiger partial charge in [0.15, 0.2) is 0 Å². The molecule has 7 rings (SSSR count). The minimum atomic E-state index is -0.220. The molecule has 2 aromatic carbocycles. The lowest BCUT2D eigenvalue weighted by atomic mass is 10.0. The van der Waals surface area contributed by atoms with Gasteiger partial charge in [0, 0.05) is 47.3 Å². The number of likely N-dealkylation sites (tertiary alicyclic amines) is 2. The van der Waals surface area contributed by atoms with Gasteiger partial charge in [0.2, 0.25) is 0 Å². The van der Waals surface area contributed by atoms with Crippen molar-refractivity contribution in [2.45, 2.75) is 64.5 Å². The van der Waals surface area contributed by atoms with Crippen molar-refractivity contribution >= 4 is 35.1 Å². The largest absolute Gasteiger partial charge is 0.358 e. The predicted molar refractivity (Wildman–Crippen MR) is 168 cm³/mol. The van der Waals surface area contributed by atoms with Gasteiger partial charge < -0.3 is 25.4 Å². The Morgan fingerprint density at radius 2 is 1.84 bits per heavy atom. The van der Waals surface area contributed by atoms with Crippen molar-refractivity contribution in [2.24, 2.45) is 0 Å². The molecule has 8 nitrogen and oxygen atoms in total. The summed E-state index contributed by atoms with van der Waals surface area (Å²) in [6.45, 7) is 7.86. The van der Waals surface area contributed by atoms with Crippen LogP contribution in [0.5, 0.6) is 0 Å². The van der Waals surface area contributed by atoms with Crippen LogP contribution >= 0.6 is 0 Å². The molecule has 0 saturated carbocycles. The van der Waals surface area contributed by atoms with Gasteiger partial charge in [-0.1, -0.05) is 24.3 Å². The molecule has 2 fully saturated rings. The van der Waals surface area contributed by atoms with Gasteiger partial charge in [0.25, 0.3) is 17.7 Å². The number of anilines is 1. The van der Waals surface area contributed by atoms with Crippen molar-refractivity contribution < 1.29 is 14.4 Å². The van der Waals surface area contributed by atoms with Gasteiger partial charge in [0.05, 0.1) is 17.2 Å². The molecule has 3 aliphatic heterocycles. The molecule has 8 heteroatoms. The third-order valence-corrected chi connectivity index (χ3v) is 9.79. The lowest BCUT2D eigenvalue weighted by molar-refractivity contribution is -0.110. The summed E-state index contributed by atoms with van der Waals surface area (Å²) in [7, 11) is 0. The van der Waals surface area contributed by atoms with E-state index in [4.69, 9.17) is 0 Å². The summed E-state index contributed by atoms with van der Waals surface area (Å²) in [5.74, 6) is -0.305. The summed E-state index contributed by atoms with van der Waals surface area (Å²) < 4.78 is 0. The number of H-pyrrole nitrogens is 1. The number of carbonyl (C=O) groups is 3. The van der Waals surface area contributed by atoms with Crippen molar-refractivity contribution in [2.75, 3.05) is 31.5 Å². The molecule has 1 aliphatic carbocycles. The Morgan fingerprint density at radius 3 is 2.67 bits per heavy atom. The molecule has 2 atom stereocenters. The maximum absolute atomic E-state index is 13.9.